The number of allylic oxidation sites excluding steroid dienone is 6. The smallest absolute Gasteiger partial charge is 0.252 e. The van der Waals surface area contributed by atoms with Gasteiger partial charge in [-0.2, -0.15) is 0 Å². The summed E-state index contributed by atoms with van der Waals surface area (Å²) >= 11 is 2.90. The standard InChI is InChI=1S/C23H33N3O2S.C16H17NO3S/c1-15-10-16(2)20(21(27)11-15)13-24-23(28)18-12-22(29-14-18)17(3)26-8-6-19(7-9-26)25(4)5;1-9-4-10(2)13(14(19)5-9)7-17-16(20)12-6-15(11(3)18)21-8-12/h10,12,14,17,19H,6-9,11,13H2,1-5H3,(H,24,28);4,6,8H,5,7H2,1-3H3,(H,17,20). The molecule has 0 aromatic carbocycles. The van der Waals surface area contributed by atoms with E-state index >= 15 is 0 Å². The monoisotopic (exact) mass is 718 g/mol. The first-order valence-corrected chi connectivity index (χ1v) is 18.9. The third kappa shape index (κ3) is 10.2. The highest BCUT2D eigenvalue weighted by Gasteiger charge is 2.26. The second-order valence-corrected chi connectivity index (χ2v) is 15.6. The number of thiophene rings is 2. The van der Waals surface area contributed by atoms with E-state index in [0.717, 1.165) is 41.0 Å². The Morgan fingerprint density at radius 3 is 1.74 bits per heavy atom. The quantitative estimate of drug-likeness (QED) is 0.262. The van der Waals surface area contributed by atoms with Gasteiger partial charge in [0.15, 0.2) is 17.3 Å². The second kappa shape index (κ2) is 17.4. The molecule has 2 aliphatic carbocycles. The van der Waals surface area contributed by atoms with Gasteiger partial charge in [0, 0.05) is 77.9 Å². The van der Waals surface area contributed by atoms with Gasteiger partial charge in [-0.1, -0.05) is 23.3 Å². The number of amides is 2. The summed E-state index contributed by atoms with van der Waals surface area (Å²) in [4.78, 5) is 66.7. The van der Waals surface area contributed by atoms with Crippen LogP contribution in [0.25, 0.3) is 0 Å². The van der Waals surface area contributed by atoms with Crippen molar-refractivity contribution in [2.75, 3.05) is 40.3 Å². The van der Waals surface area contributed by atoms with Crippen molar-refractivity contribution < 1.29 is 24.0 Å². The number of rotatable bonds is 10. The lowest BCUT2D eigenvalue weighted by Gasteiger charge is -2.38. The molecular weight excluding hydrogens is 669 g/mol. The highest BCUT2D eigenvalue weighted by atomic mass is 32.1. The minimum atomic E-state index is -0.266. The molecule has 0 bridgehead atoms. The summed E-state index contributed by atoms with van der Waals surface area (Å²) in [5.74, 6) is -0.254. The van der Waals surface area contributed by atoms with Crippen molar-refractivity contribution in [3.05, 3.63) is 89.4 Å². The molecule has 2 aromatic rings. The van der Waals surface area contributed by atoms with Gasteiger partial charge in [-0.25, -0.2) is 0 Å². The predicted molar refractivity (Wildman–Crippen MR) is 202 cm³/mol. The average molecular weight is 719 g/mol. The molecule has 0 saturated carbocycles. The molecule has 1 unspecified atom stereocenters. The first kappa shape index (κ1) is 39.0. The number of hydrogen-bond donors (Lipinski definition) is 2. The molecule has 1 saturated heterocycles. The molecule has 3 aliphatic rings. The van der Waals surface area contributed by atoms with E-state index in [0.29, 0.717) is 53.0 Å². The molecule has 1 aliphatic heterocycles. The van der Waals surface area contributed by atoms with Crippen molar-refractivity contribution in [1.82, 2.24) is 20.4 Å². The number of nitrogens with one attached hydrogen (secondary N) is 2. The number of carbonyl (C=O) groups excluding carboxylic acids is 5. The summed E-state index contributed by atoms with van der Waals surface area (Å²) in [5, 5.41) is 9.27. The third-order valence-electron chi connectivity index (χ3n) is 9.56. The maximum Gasteiger partial charge on any atom is 0.252 e. The number of likely N-dealkylation sites (tertiary alicyclic amines) is 1. The van der Waals surface area contributed by atoms with Crippen molar-refractivity contribution in [3.8, 4) is 0 Å². The number of piperidine rings is 1. The van der Waals surface area contributed by atoms with Crippen LogP contribution in [0.15, 0.2) is 68.5 Å². The van der Waals surface area contributed by atoms with Crippen LogP contribution in [0.1, 0.15) is 109 Å². The van der Waals surface area contributed by atoms with E-state index in [1.54, 1.807) is 22.8 Å². The van der Waals surface area contributed by atoms with Crippen LogP contribution in [-0.2, 0) is 9.59 Å². The van der Waals surface area contributed by atoms with Gasteiger partial charge in [0.05, 0.1) is 16.0 Å². The van der Waals surface area contributed by atoms with Crippen LogP contribution in [0.3, 0.4) is 0 Å². The zero-order valence-electron chi connectivity index (χ0n) is 30.5. The van der Waals surface area contributed by atoms with Crippen LogP contribution in [0.5, 0.6) is 0 Å². The minimum Gasteiger partial charge on any atom is -0.348 e. The van der Waals surface area contributed by atoms with Gasteiger partial charge in [0.25, 0.3) is 11.8 Å². The second-order valence-electron chi connectivity index (χ2n) is 13.8. The maximum absolute atomic E-state index is 12.6. The van der Waals surface area contributed by atoms with Gasteiger partial charge in [-0.05, 0) is 91.8 Å². The average Bonchev–Trinajstić information content (AvgIpc) is 3.75. The van der Waals surface area contributed by atoms with Crippen molar-refractivity contribution in [2.24, 2.45) is 0 Å². The van der Waals surface area contributed by atoms with Crippen molar-refractivity contribution in [1.29, 1.82) is 0 Å². The number of hydrogen-bond acceptors (Lipinski definition) is 9. The van der Waals surface area contributed by atoms with Gasteiger partial charge < -0.3 is 15.5 Å². The van der Waals surface area contributed by atoms with Crippen molar-refractivity contribution in [2.45, 2.75) is 79.3 Å². The van der Waals surface area contributed by atoms with Crippen molar-refractivity contribution >= 4 is 51.8 Å². The highest BCUT2D eigenvalue weighted by Crippen LogP contribution is 2.30. The fourth-order valence-corrected chi connectivity index (χ4v) is 8.26. The Kier molecular flexibility index (Phi) is 13.6. The Balaban J connectivity index is 0.000000237. The maximum atomic E-state index is 12.6. The van der Waals surface area contributed by atoms with Gasteiger partial charge in [0.2, 0.25) is 0 Å². The summed E-state index contributed by atoms with van der Waals surface area (Å²) in [6.45, 7) is 14.1. The van der Waals surface area contributed by atoms with Gasteiger partial charge in [0.1, 0.15) is 0 Å². The lowest BCUT2D eigenvalue weighted by Crippen LogP contribution is -2.42. The summed E-state index contributed by atoms with van der Waals surface area (Å²) < 4.78 is 0. The molecule has 2 N–H and O–H groups in total. The molecule has 268 valence electrons. The van der Waals surface area contributed by atoms with Crippen LogP contribution in [0.4, 0.5) is 0 Å². The zero-order valence-corrected chi connectivity index (χ0v) is 32.2. The Bertz CT molecular complexity index is 1760. The molecule has 11 heteroatoms. The lowest BCUT2D eigenvalue weighted by atomic mass is 9.92. The van der Waals surface area contributed by atoms with E-state index in [4.69, 9.17) is 0 Å². The SMILES string of the molecule is CC(=O)c1cc(C(=O)NCC2=C(C)C=C(C)CC2=O)cs1.CC1=CC(C)=C(CNC(=O)c2csc(C(C)N3CCC(N(C)C)CC3)c2)C(=O)C1. The normalized spacial score (nSPS) is 18.0. The van der Waals surface area contributed by atoms with E-state index in [1.807, 2.05) is 51.3 Å². The number of nitrogens with zero attached hydrogens (tertiary/aromatic N) is 2. The van der Waals surface area contributed by atoms with Crippen LogP contribution in [-0.4, -0.2) is 85.3 Å². The topological polar surface area (TPSA) is 116 Å². The van der Waals surface area contributed by atoms with Crippen LogP contribution < -0.4 is 10.6 Å². The Hall–Kier alpha value is -3.77. The predicted octanol–water partition coefficient (Wildman–Crippen LogP) is 6.72. The molecule has 1 fully saturated rings. The minimum absolute atomic E-state index is 0.0549. The number of ketones is 3. The van der Waals surface area contributed by atoms with Gasteiger partial charge in [-0.3, -0.25) is 28.9 Å². The highest BCUT2D eigenvalue weighted by molar-refractivity contribution is 7.12. The first-order chi connectivity index (χ1) is 23.6. The Morgan fingerprint density at radius 1 is 0.820 bits per heavy atom. The van der Waals surface area contributed by atoms with Crippen molar-refractivity contribution in [3.63, 3.8) is 0 Å². The molecule has 9 nitrogen and oxygen atoms in total. The number of Topliss-reactive ketones (excluding diaryl/α,β-unsaturated/α-hetero) is 3. The molecule has 3 heterocycles. The molecule has 50 heavy (non-hydrogen) atoms. The summed E-state index contributed by atoms with van der Waals surface area (Å²) in [6, 6.07) is 4.58. The molecule has 5 rings (SSSR count). The van der Waals surface area contributed by atoms with Crippen LogP contribution in [0, 0.1) is 0 Å². The van der Waals surface area contributed by atoms with E-state index in [9.17, 15) is 24.0 Å². The van der Waals surface area contributed by atoms with E-state index in [-0.39, 0.29) is 35.7 Å². The molecule has 2 amide bonds. The Labute approximate surface area is 304 Å². The summed E-state index contributed by atoms with van der Waals surface area (Å²) in [5.41, 5.74) is 6.49. The molecule has 0 radical (unpaired) electrons. The molecular formula is C39H50N4O5S2. The molecule has 0 spiro atoms. The molecule has 2 aromatic heterocycles. The summed E-state index contributed by atoms with van der Waals surface area (Å²) in [6.07, 6.45) is 7.25. The summed E-state index contributed by atoms with van der Waals surface area (Å²) in [7, 11) is 4.31. The van der Waals surface area contributed by atoms with Crippen LogP contribution >= 0.6 is 22.7 Å². The van der Waals surface area contributed by atoms with Crippen LogP contribution in [0.2, 0.25) is 0 Å². The Morgan fingerprint density at radius 2 is 1.30 bits per heavy atom. The first-order valence-electron chi connectivity index (χ1n) is 17.1. The number of carbonyl (C=O) groups is 5. The zero-order chi connectivity index (χ0) is 36.7. The molecule has 1 atom stereocenters. The van der Waals surface area contributed by atoms with E-state index in [1.165, 1.54) is 36.0 Å². The fraction of sp³-hybridized carbons (Fsp3) is 0.462. The third-order valence-corrected chi connectivity index (χ3v) is 11.7. The largest absolute Gasteiger partial charge is 0.348 e. The van der Waals surface area contributed by atoms with Gasteiger partial charge >= 0.3 is 0 Å². The van der Waals surface area contributed by atoms with Gasteiger partial charge in [-0.15, -0.1) is 22.7 Å². The lowest BCUT2D eigenvalue weighted by molar-refractivity contribution is -0.116. The van der Waals surface area contributed by atoms with E-state index < -0.39 is 0 Å². The fourth-order valence-electron chi connectivity index (χ4n) is 6.49. The van der Waals surface area contributed by atoms with E-state index in [2.05, 4.69) is 41.5 Å².